The summed E-state index contributed by atoms with van der Waals surface area (Å²) in [6, 6.07) is 11.7. The van der Waals surface area contributed by atoms with Gasteiger partial charge in [-0.05, 0) is 92.2 Å². The Bertz CT molecular complexity index is 1820. The molecule has 61 heavy (non-hydrogen) atoms. The highest BCUT2D eigenvalue weighted by Gasteiger charge is 2.39. The molecule has 0 bridgehead atoms. The molecular formula is C48H64O13. The first-order valence-electron chi connectivity index (χ1n) is 21.2. The van der Waals surface area contributed by atoms with Gasteiger partial charge in [-0.15, -0.1) is 0 Å². The van der Waals surface area contributed by atoms with Crippen LogP contribution in [0.1, 0.15) is 109 Å². The molecular weight excluding hydrogens is 785 g/mol. The summed E-state index contributed by atoms with van der Waals surface area (Å²) in [6.45, 7) is 12.1. The second-order valence-corrected chi connectivity index (χ2v) is 15.9. The van der Waals surface area contributed by atoms with E-state index in [0.717, 1.165) is 29.0 Å². The van der Waals surface area contributed by atoms with Gasteiger partial charge in [-0.1, -0.05) is 77.0 Å². The number of rotatable bonds is 27. The van der Waals surface area contributed by atoms with Gasteiger partial charge in [0.15, 0.2) is 11.5 Å². The molecule has 0 unspecified atom stereocenters. The predicted molar refractivity (Wildman–Crippen MR) is 229 cm³/mol. The Kier molecular flexibility index (Phi) is 21.1. The molecule has 2 aromatic rings. The number of esters is 4. The molecule has 0 heterocycles. The molecule has 0 aromatic heterocycles. The van der Waals surface area contributed by atoms with E-state index in [1.165, 1.54) is 85.0 Å². The third kappa shape index (κ3) is 16.0. The number of unbranched alkanes of at least 4 members (excludes halogenated alkanes) is 2. The van der Waals surface area contributed by atoms with Gasteiger partial charge in [0.2, 0.25) is 11.6 Å². The number of ketones is 2. The monoisotopic (exact) mass is 848 g/mol. The molecule has 1 aliphatic carbocycles. The van der Waals surface area contributed by atoms with Crippen LogP contribution in [0.4, 0.5) is 0 Å². The van der Waals surface area contributed by atoms with Crippen molar-refractivity contribution in [2.24, 2.45) is 11.3 Å². The van der Waals surface area contributed by atoms with Gasteiger partial charge in [0.25, 0.3) is 0 Å². The van der Waals surface area contributed by atoms with Gasteiger partial charge in [0.1, 0.15) is 31.8 Å². The van der Waals surface area contributed by atoms with Crippen molar-refractivity contribution >= 4 is 35.4 Å². The van der Waals surface area contributed by atoms with Crippen LogP contribution >= 0.6 is 0 Å². The number of hydrogen-bond donors (Lipinski definition) is 0. The highest BCUT2D eigenvalue weighted by molar-refractivity contribution is 6.34. The summed E-state index contributed by atoms with van der Waals surface area (Å²) in [5.41, 5.74) is 2.65. The highest BCUT2D eigenvalue weighted by atomic mass is 16.6. The number of carbonyl (C=O) groups excluding carboxylic acids is 6. The Morgan fingerprint density at radius 2 is 1.25 bits per heavy atom. The van der Waals surface area contributed by atoms with Crippen LogP contribution in [0.3, 0.4) is 0 Å². The van der Waals surface area contributed by atoms with Crippen molar-refractivity contribution in [2.45, 2.75) is 104 Å². The van der Waals surface area contributed by atoms with Crippen LogP contribution in [0.15, 0.2) is 60.7 Å². The van der Waals surface area contributed by atoms with E-state index in [2.05, 4.69) is 45.2 Å². The van der Waals surface area contributed by atoms with Crippen molar-refractivity contribution < 1.29 is 61.9 Å². The Hall–Kier alpha value is -5.14. The van der Waals surface area contributed by atoms with E-state index in [0.29, 0.717) is 5.92 Å². The molecule has 334 valence electrons. The first-order valence-corrected chi connectivity index (χ1v) is 21.2. The van der Waals surface area contributed by atoms with Crippen molar-refractivity contribution in [3.05, 3.63) is 71.8 Å². The third-order valence-electron chi connectivity index (χ3n) is 10.8. The minimum absolute atomic E-state index is 0.0318. The van der Waals surface area contributed by atoms with Gasteiger partial charge < -0.3 is 33.2 Å². The van der Waals surface area contributed by atoms with Crippen LogP contribution in [0.25, 0.3) is 11.1 Å². The normalized spacial score (nSPS) is 15.0. The minimum Gasteiger partial charge on any atom is -0.489 e. The average Bonchev–Trinajstić information content (AvgIpc) is 3.26. The summed E-state index contributed by atoms with van der Waals surface area (Å²) in [6.07, 6.45) is 10.2. The van der Waals surface area contributed by atoms with Gasteiger partial charge in [-0.2, -0.15) is 0 Å². The number of aryl methyl sites for hydroxylation is 1. The van der Waals surface area contributed by atoms with E-state index in [-0.39, 0.29) is 48.7 Å². The van der Waals surface area contributed by atoms with E-state index in [9.17, 15) is 28.8 Å². The maximum atomic E-state index is 13.0. The largest absolute Gasteiger partial charge is 0.489 e. The standard InChI is InChI=1S/C48H64O13/c1-9-11-12-13-34-14-16-36(17-15-34)37-18-20-39(35(10-2)26-37)38-19-21-42(43(27-38)61-45(52)33(5)6)57-28-48(29-58-44(51)32(3)4,30-59-46(53)40(49)22-24-55-7)31-60-47(54)41(50)23-25-56-8/h18-21,26-27,34,36H,3,5,9-17,22-25,28-31H2,1-2,4,6-8H3. The molecule has 0 aliphatic heterocycles. The molecule has 0 spiro atoms. The highest BCUT2D eigenvalue weighted by Crippen LogP contribution is 2.41. The summed E-state index contributed by atoms with van der Waals surface area (Å²) in [4.78, 5) is 76.1. The van der Waals surface area contributed by atoms with Crippen LogP contribution in [-0.2, 0) is 58.9 Å². The fraction of sp³-hybridized carbons (Fsp3) is 0.542. The van der Waals surface area contributed by atoms with Crippen molar-refractivity contribution in [2.75, 3.05) is 53.9 Å². The molecule has 0 N–H and O–H groups in total. The summed E-state index contributed by atoms with van der Waals surface area (Å²) in [5, 5.41) is 0. The summed E-state index contributed by atoms with van der Waals surface area (Å²) >= 11 is 0. The van der Waals surface area contributed by atoms with Gasteiger partial charge in [-0.3, -0.25) is 9.59 Å². The fourth-order valence-electron chi connectivity index (χ4n) is 6.99. The lowest BCUT2D eigenvalue weighted by Crippen LogP contribution is -2.45. The molecule has 0 saturated heterocycles. The maximum Gasteiger partial charge on any atom is 0.374 e. The SMILES string of the molecule is C=C(C)C(=O)OCC(COC(=O)C(=O)CCOC)(COC(=O)C(=O)CCOC)COc1ccc(-c2ccc(C3CCC(CCCCC)CC3)cc2CC)cc1OC(=O)C(=C)C. The molecule has 2 aromatic carbocycles. The number of Topliss-reactive ketones (excluding diaryl/α,β-unsaturated/α-hetero) is 2. The molecule has 0 atom stereocenters. The van der Waals surface area contributed by atoms with Crippen molar-refractivity contribution in [1.29, 1.82) is 0 Å². The van der Waals surface area contributed by atoms with Crippen LogP contribution in [0, 0.1) is 11.3 Å². The molecule has 1 fully saturated rings. The smallest absolute Gasteiger partial charge is 0.374 e. The van der Waals surface area contributed by atoms with Crippen molar-refractivity contribution in [3.63, 3.8) is 0 Å². The summed E-state index contributed by atoms with van der Waals surface area (Å²) in [5.74, 6) is -4.35. The van der Waals surface area contributed by atoms with Gasteiger partial charge in [-0.25, -0.2) is 19.2 Å². The second-order valence-electron chi connectivity index (χ2n) is 15.9. The van der Waals surface area contributed by atoms with Crippen LogP contribution in [0.5, 0.6) is 11.5 Å². The van der Waals surface area contributed by atoms with Crippen molar-refractivity contribution in [3.8, 4) is 22.6 Å². The summed E-state index contributed by atoms with van der Waals surface area (Å²) in [7, 11) is 2.74. The first-order chi connectivity index (χ1) is 29.2. The number of benzene rings is 2. The molecule has 0 amide bonds. The quantitative estimate of drug-likeness (QED) is 0.0212. The van der Waals surface area contributed by atoms with E-state index in [4.69, 9.17) is 33.2 Å². The Balaban J connectivity index is 2.00. The van der Waals surface area contributed by atoms with Crippen LogP contribution in [-0.4, -0.2) is 89.3 Å². The number of hydrogen-bond acceptors (Lipinski definition) is 13. The fourth-order valence-corrected chi connectivity index (χ4v) is 6.99. The molecule has 3 rings (SSSR count). The van der Waals surface area contributed by atoms with Gasteiger partial charge in [0.05, 0.1) is 13.2 Å². The number of carbonyl (C=O) groups is 6. The molecule has 13 heteroatoms. The Labute approximate surface area is 360 Å². The van der Waals surface area contributed by atoms with E-state index in [1.54, 1.807) is 12.1 Å². The lowest BCUT2D eigenvalue weighted by Gasteiger charge is -2.32. The Morgan fingerprint density at radius 1 is 0.672 bits per heavy atom. The lowest BCUT2D eigenvalue weighted by molar-refractivity contribution is -0.169. The lowest BCUT2D eigenvalue weighted by atomic mass is 9.76. The zero-order valence-electron chi connectivity index (χ0n) is 36.9. The van der Waals surface area contributed by atoms with E-state index >= 15 is 0 Å². The molecule has 1 aliphatic rings. The van der Waals surface area contributed by atoms with E-state index < -0.39 is 67.3 Å². The zero-order valence-corrected chi connectivity index (χ0v) is 36.9. The third-order valence-corrected chi connectivity index (χ3v) is 10.8. The maximum absolute atomic E-state index is 13.0. The topological polar surface area (TPSA) is 167 Å². The van der Waals surface area contributed by atoms with Crippen LogP contribution < -0.4 is 9.47 Å². The second kappa shape index (κ2) is 25.6. The first kappa shape index (κ1) is 50.2. The minimum atomic E-state index is -1.70. The Morgan fingerprint density at radius 3 is 1.77 bits per heavy atom. The van der Waals surface area contributed by atoms with Crippen LogP contribution in [0.2, 0.25) is 0 Å². The molecule has 13 nitrogen and oxygen atoms in total. The number of ether oxygens (including phenoxy) is 7. The van der Waals surface area contributed by atoms with Gasteiger partial charge >= 0.3 is 23.9 Å². The van der Waals surface area contributed by atoms with Gasteiger partial charge in [0, 0.05) is 38.2 Å². The van der Waals surface area contributed by atoms with E-state index in [1.807, 2.05) is 6.07 Å². The average molecular weight is 849 g/mol. The predicted octanol–water partition coefficient (Wildman–Crippen LogP) is 8.03. The zero-order chi connectivity index (χ0) is 45.0. The molecule has 0 radical (unpaired) electrons. The summed E-state index contributed by atoms with van der Waals surface area (Å²) < 4.78 is 38.1. The number of methoxy groups -OCH3 is 2. The van der Waals surface area contributed by atoms with Crippen molar-refractivity contribution in [1.82, 2.24) is 0 Å². The molecule has 1 saturated carbocycles.